The first-order valence-electron chi connectivity index (χ1n) is 7.18. The maximum atomic E-state index is 12.6. The number of halogens is 1. The molecule has 0 aliphatic rings. The van der Waals surface area contributed by atoms with Gasteiger partial charge in [0.05, 0.1) is 5.39 Å². The van der Waals surface area contributed by atoms with E-state index in [0.29, 0.717) is 20.9 Å². The van der Waals surface area contributed by atoms with Crippen LogP contribution in [-0.2, 0) is 4.79 Å². The number of amides is 1. The third kappa shape index (κ3) is 3.00. The number of carbonyl (C=O) groups is 1. The van der Waals surface area contributed by atoms with E-state index in [1.165, 1.54) is 18.3 Å². The number of hydrogen-bond donors (Lipinski definition) is 2. The van der Waals surface area contributed by atoms with Crippen molar-refractivity contribution >= 4 is 44.7 Å². The number of rotatable bonds is 3. The molecule has 1 aromatic carbocycles. The molecule has 8 heteroatoms. The molecule has 1 atom stereocenters. The minimum absolute atomic E-state index is 0.406. The Labute approximate surface area is 145 Å². The molecule has 0 aliphatic carbocycles. The van der Waals surface area contributed by atoms with Gasteiger partial charge in [0.25, 0.3) is 5.56 Å². The van der Waals surface area contributed by atoms with Crippen LogP contribution >= 0.6 is 22.9 Å². The van der Waals surface area contributed by atoms with E-state index < -0.39 is 23.2 Å². The highest BCUT2D eigenvalue weighted by atomic mass is 35.5. The minimum Gasteiger partial charge on any atom is -0.324 e. The summed E-state index contributed by atoms with van der Waals surface area (Å²) >= 11 is 7.13. The number of carbonyl (C=O) groups excluding carboxylic acids is 1. The first-order valence-corrected chi connectivity index (χ1v) is 8.37. The summed E-state index contributed by atoms with van der Waals surface area (Å²) in [5, 5.41) is 3.62. The molecular weight excluding hydrogens is 350 g/mol. The van der Waals surface area contributed by atoms with E-state index in [-0.39, 0.29) is 0 Å². The fraction of sp³-hybridized carbons (Fsp3) is 0.188. The number of hydrogen-bond acceptors (Lipinski definition) is 4. The summed E-state index contributed by atoms with van der Waals surface area (Å²) in [6.45, 7) is 3.36. The van der Waals surface area contributed by atoms with Gasteiger partial charge in [-0.2, -0.15) is 0 Å². The number of H-pyrrole nitrogens is 1. The number of aromatic nitrogens is 2. The van der Waals surface area contributed by atoms with E-state index in [4.69, 9.17) is 11.6 Å². The number of thiophene rings is 1. The number of aromatic amines is 1. The molecule has 0 saturated carbocycles. The molecule has 3 aromatic rings. The Hall–Kier alpha value is -2.38. The van der Waals surface area contributed by atoms with Gasteiger partial charge in [0, 0.05) is 15.6 Å². The molecule has 2 heterocycles. The van der Waals surface area contributed by atoms with Crippen molar-refractivity contribution in [3.8, 4) is 0 Å². The van der Waals surface area contributed by atoms with Gasteiger partial charge in [0.2, 0.25) is 5.91 Å². The van der Waals surface area contributed by atoms with Crippen LogP contribution in [0.5, 0.6) is 0 Å². The molecule has 0 bridgehead atoms. The van der Waals surface area contributed by atoms with Crippen molar-refractivity contribution in [3.05, 3.63) is 61.1 Å². The molecule has 1 amide bonds. The van der Waals surface area contributed by atoms with Gasteiger partial charge in [-0.15, -0.1) is 11.3 Å². The Balaban J connectivity index is 1.97. The molecular formula is C16H14ClN3O3S. The Kier molecular flexibility index (Phi) is 4.29. The second kappa shape index (κ2) is 6.26. The lowest BCUT2D eigenvalue weighted by molar-refractivity contribution is -0.118. The zero-order valence-electron chi connectivity index (χ0n) is 12.9. The first kappa shape index (κ1) is 16.5. The van der Waals surface area contributed by atoms with Crippen LogP contribution in [0.1, 0.15) is 17.8 Å². The fourth-order valence-corrected chi connectivity index (χ4v) is 3.41. The molecule has 3 rings (SSSR count). The van der Waals surface area contributed by atoms with Crippen molar-refractivity contribution in [1.82, 2.24) is 9.55 Å². The first-order chi connectivity index (χ1) is 11.4. The number of anilines is 1. The molecule has 6 nitrogen and oxygen atoms in total. The highest BCUT2D eigenvalue weighted by Crippen LogP contribution is 2.19. The second-order valence-corrected chi connectivity index (χ2v) is 7.07. The predicted molar refractivity (Wildman–Crippen MR) is 96.2 cm³/mol. The van der Waals surface area contributed by atoms with Crippen LogP contribution < -0.4 is 16.6 Å². The Morgan fingerprint density at radius 3 is 2.62 bits per heavy atom. The van der Waals surface area contributed by atoms with E-state index in [1.54, 1.807) is 30.3 Å². The lowest BCUT2D eigenvalue weighted by Gasteiger charge is -2.14. The van der Waals surface area contributed by atoms with E-state index in [0.717, 1.165) is 9.44 Å². The zero-order chi connectivity index (χ0) is 17.4. The summed E-state index contributed by atoms with van der Waals surface area (Å²) in [6.07, 6.45) is 0. The van der Waals surface area contributed by atoms with E-state index in [9.17, 15) is 14.4 Å². The van der Waals surface area contributed by atoms with Crippen LogP contribution in [0.3, 0.4) is 0 Å². The third-order valence-corrected chi connectivity index (χ3v) is 4.84. The number of nitrogens with zero attached hydrogens (tertiary/aromatic N) is 1. The molecule has 0 fully saturated rings. The van der Waals surface area contributed by atoms with Crippen molar-refractivity contribution in [3.63, 3.8) is 0 Å². The maximum Gasteiger partial charge on any atom is 0.330 e. The number of nitrogens with one attached hydrogen (secondary N) is 2. The van der Waals surface area contributed by atoms with Crippen molar-refractivity contribution in [2.45, 2.75) is 19.9 Å². The topological polar surface area (TPSA) is 84.0 Å². The molecule has 0 saturated heterocycles. The second-order valence-electron chi connectivity index (χ2n) is 5.38. The van der Waals surface area contributed by atoms with Gasteiger partial charge >= 0.3 is 5.69 Å². The number of benzene rings is 1. The Morgan fingerprint density at radius 2 is 1.96 bits per heavy atom. The van der Waals surface area contributed by atoms with Crippen LogP contribution in [-0.4, -0.2) is 15.5 Å². The van der Waals surface area contributed by atoms with Crippen LogP contribution in [0.2, 0.25) is 5.02 Å². The van der Waals surface area contributed by atoms with Gasteiger partial charge in [-0.25, -0.2) is 9.36 Å². The van der Waals surface area contributed by atoms with Gasteiger partial charge in [0.15, 0.2) is 0 Å². The Bertz CT molecular complexity index is 1030. The van der Waals surface area contributed by atoms with Crippen molar-refractivity contribution in [1.29, 1.82) is 0 Å². The lowest BCUT2D eigenvalue weighted by Crippen LogP contribution is -2.41. The van der Waals surface area contributed by atoms with Crippen molar-refractivity contribution < 1.29 is 4.79 Å². The largest absolute Gasteiger partial charge is 0.330 e. The molecule has 1 unspecified atom stereocenters. The summed E-state index contributed by atoms with van der Waals surface area (Å²) in [5.74, 6) is -0.462. The van der Waals surface area contributed by atoms with E-state index >= 15 is 0 Å². The van der Waals surface area contributed by atoms with Gasteiger partial charge < -0.3 is 5.32 Å². The van der Waals surface area contributed by atoms with Crippen molar-refractivity contribution in [2.24, 2.45) is 0 Å². The minimum atomic E-state index is -0.957. The van der Waals surface area contributed by atoms with Crippen LogP contribution in [0, 0.1) is 6.92 Å². The lowest BCUT2D eigenvalue weighted by atomic mass is 10.2. The molecule has 0 radical (unpaired) electrons. The molecule has 0 aliphatic heterocycles. The molecule has 2 N–H and O–H groups in total. The SMILES string of the molecule is Cc1cc2c(=O)n(C(C)C(=O)Nc3ccc(Cl)cc3)c(=O)[nH]c2s1. The van der Waals surface area contributed by atoms with Crippen LogP contribution in [0.4, 0.5) is 5.69 Å². The fourth-order valence-electron chi connectivity index (χ4n) is 2.39. The van der Waals surface area contributed by atoms with E-state index in [1.807, 2.05) is 6.92 Å². The average Bonchev–Trinajstić information content (AvgIpc) is 2.90. The summed E-state index contributed by atoms with van der Waals surface area (Å²) in [7, 11) is 0. The van der Waals surface area contributed by atoms with Crippen LogP contribution in [0.25, 0.3) is 10.2 Å². The Morgan fingerprint density at radius 1 is 1.29 bits per heavy atom. The van der Waals surface area contributed by atoms with Gasteiger partial charge in [0.1, 0.15) is 10.9 Å². The van der Waals surface area contributed by atoms with Gasteiger partial charge in [-0.05, 0) is 44.2 Å². The molecule has 2 aromatic heterocycles. The third-order valence-electron chi connectivity index (χ3n) is 3.62. The maximum absolute atomic E-state index is 12.6. The highest BCUT2D eigenvalue weighted by Gasteiger charge is 2.21. The summed E-state index contributed by atoms with van der Waals surface area (Å²) in [6, 6.07) is 7.32. The molecule has 24 heavy (non-hydrogen) atoms. The average molecular weight is 364 g/mol. The summed E-state index contributed by atoms with van der Waals surface area (Å²) in [5.41, 5.74) is -0.543. The molecule has 124 valence electrons. The summed E-state index contributed by atoms with van der Waals surface area (Å²) in [4.78, 5) is 41.3. The van der Waals surface area contributed by atoms with E-state index in [2.05, 4.69) is 10.3 Å². The zero-order valence-corrected chi connectivity index (χ0v) is 14.5. The summed E-state index contributed by atoms with van der Waals surface area (Å²) < 4.78 is 0.930. The number of aryl methyl sites for hydroxylation is 1. The normalized spacial score (nSPS) is 12.3. The highest BCUT2D eigenvalue weighted by molar-refractivity contribution is 7.18. The smallest absolute Gasteiger partial charge is 0.324 e. The van der Waals surface area contributed by atoms with Gasteiger partial charge in [-0.3, -0.25) is 14.6 Å². The number of fused-ring (bicyclic) bond motifs is 1. The quantitative estimate of drug-likeness (QED) is 0.750. The van der Waals surface area contributed by atoms with Crippen molar-refractivity contribution in [2.75, 3.05) is 5.32 Å². The monoisotopic (exact) mass is 363 g/mol. The molecule has 0 spiro atoms. The van der Waals surface area contributed by atoms with Crippen LogP contribution in [0.15, 0.2) is 39.9 Å². The standard InChI is InChI=1S/C16H14ClN3O3S/c1-8-7-12-14(24-8)19-16(23)20(15(12)22)9(2)13(21)18-11-5-3-10(17)4-6-11/h3-7,9H,1-2H3,(H,18,21)(H,19,23). The van der Waals surface area contributed by atoms with Gasteiger partial charge in [-0.1, -0.05) is 11.6 Å². The predicted octanol–water partition coefficient (Wildman–Crippen LogP) is 2.91.